The molecule has 0 bridgehead atoms. The summed E-state index contributed by atoms with van der Waals surface area (Å²) < 4.78 is 40.3. The zero-order valence-electron chi connectivity index (χ0n) is 15.9. The fourth-order valence-corrected chi connectivity index (χ4v) is 4.31. The fraction of sp³-hybridized carbons (Fsp3) is 0.524. The number of amides is 1. The van der Waals surface area contributed by atoms with E-state index in [-0.39, 0.29) is 31.2 Å². The van der Waals surface area contributed by atoms with Crippen LogP contribution in [0.5, 0.6) is 0 Å². The molecule has 0 spiro atoms. The third-order valence-electron chi connectivity index (χ3n) is 5.86. The van der Waals surface area contributed by atoms with E-state index < -0.39 is 17.5 Å². The van der Waals surface area contributed by atoms with Crippen LogP contribution < -0.4 is 10.2 Å². The largest absolute Gasteiger partial charge is 0.352 e. The van der Waals surface area contributed by atoms with Gasteiger partial charge in [0.05, 0.1) is 17.4 Å². The molecule has 1 N–H and O–H groups in total. The van der Waals surface area contributed by atoms with Gasteiger partial charge in [0.25, 0.3) is 5.91 Å². The predicted molar refractivity (Wildman–Crippen MR) is 108 cm³/mol. The number of halogens is 4. The molecule has 1 amide bonds. The van der Waals surface area contributed by atoms with Gasteiger partial charge in [0.1, 0.15) is 12.0 Å². The molecule has 1 aliphatic carbocycles. The lowest BCUT2D eigenvalue weighted by molar-refractivity contribution is -0.0452. The Balaban J connectivity index is 1.45. The number of nitrogens with one attached hydrogen (secondary N) is 1. The minimum Gasteiger partial charge on any atom is -0.352 e. The molecular weight excluding hydrogens is 403 g/mol. The first kappa shape index (κ1) is 20.3. The average molecular weight is 426 g/mol. The number of alkyl halides is 4. The molecule has 1 aromatic heterocycles. The molecule has 2 heterocycles. The van der Waals surface area contributed by atoms with Gasteiger partial charge in [-0.1, -0.05) is 6.07 Å². The Morgan fingerprint density at radius 1 is 1.21 bits per heavy atom. The van der Waals surface area contributed by atoms with Crippen molar-refractivity contribution in [1.29, 1.82) is 0 Å². The molecular formula is C21H23ClF3N3O. The number of benzene rings is 1. The van der Waals surface area contributed by atoms with Crippen molar-refractivity contribution in [2.45, 2.75) is 43.2 Å². The third kappa shape index (κ3) is 4.44. The molecule has 8 heteroatoms. The van der Waals surface area contributed by atoms with Crippen LogP contribution in [-0.2, 0) is 0 Å². The maximum atomic E-state index is 13.7. The number of hydrogen-bond donors (Lipinski definition) is 1. The second-order valence-electron chi connectivity index (χ2n) is 7.99. The second-order valence-corrected chi connectivity index (χ2v) is 8.55. The number of fused-ring (bicyclic) bond motifs is 1. The fourth-order valence-electron chi connectivity index (χ4n) is 4.07. The molecule has 2 atom stereocenters. The average Bonchev–Trinajstić information content (AvgIpc) is 3.04. The highest BCUT2D eigenvalue weighted by Gasteiger charge is 2.35. The van der Waals surface area contributed by atoms with E-state index in [1.54, 1.807) is 29.2 Å². The highest BCUT2D eigenvalue weighted by Crippen LogP contribution is 2.35. The van der Waals surface area contributed by atoms with Gasteiger partial charge in [-0.05, 0) is 43.0 Å². The van der Waals surface area contributed by atoms with Crippen molar-refractivity contribution < 1.29 is 18.0 Å². The maximum absolute atomic E-state index is 13.7. The standard InChI is InChI=1S/C21H23ClF3N3O/c22-16-11-28(12-17(16)23)19-5-4-14-15(2-1-3-18(14)27-19)20(29)26-10-13-6-8-21(24,25)9-7-13/h1-5,13,16-17H,6-12H2,(H,26,29)/t16?,17-/m1/s1. The van der Waals surface area contributed by atoms with Crippen LogP contribution in [0, 0.1) is 5.92 Å². The normalized spacial score (nSPS) is 24.8. The highest BCUT2D eigenvalue weighted by atomic mass is 35.5. The van der Waals surface area contributed by atoms with E-state index in [4.69, 9.17) is 11.6 Å². The number of carbonyl (C=O) groups excluding carboxylic acids is 1. The van der Waals surface area contributed by atoms with Crippen molar-refractivity contribution >= 4 is 34.2 Å². The Hall–Kier alpha value is -2.02. The first-order chi connectivity index (χ1) is 13.8. The van der Waals surface area contributed by atoms with Gasteiger partial charge in [0.15, 0.2) is 0 Å². The van der Waals surface area contributed by atoms with Crippen LogP contribution in [-0.4, -0.2) is 48.0 Å². The van der Waals surface area contributed by atoms with Crippen molar-refractivity contribution in [3.8, 4) is 0 Å². The summed E-state index contributed by atoms with van der Waals surface area (Å²) in [6, 6.07) is 8.85. The Morgan fingerprint density at radius 3 is 2.66 bits per heavy atom. The molecule has 4 rings (SSSR count). The molecule has 2 fully saturated rings. The van der Waals surface area contributed by atoms with Crippen molar-refractivity contribution in [2.24, 2.45) is 5.92 Å². The third-order valence-corrected chi connectivity index (χ3v) is 6.27. The maximum Gasteiger partial charge on any atom is 0.251 e. The summed E-state index contributed by atoms with van der Waals surface area (Å²) in [6.45, 7) is 0.981. The number of aromatic nitrogens is 1. The Kier molecular flexibility index (Phi) is 5.60. The zero-order valence-corrected chi connectivity index (χ0v) is 16.6. The number of carbonyl (C=O) groups is 1. The number of rotatable bonds is 4. The Bertz CT molecular complexity index is 890. The molecule has 156 valence electrons. The number of anilines is 1. The molecule has 4 nitrogen and oxygen atoms in total. The first-order valence-electron chi connectivity index (χ1n) is 9.91. The molecule has 1 aromatic carbocycles. The number of nitrogens with zero attached hydrogens (tertiary/aromatic N) is 2. The van der Waals surface area contributed by atoms with Crippen molar-refractivity contribution in [2.75, 3.05) is 24.5 Å². The van der Waals surface area contributed by atoms with Gasteiger partial charge in [-0.15, -0.1) is 11.6 Å². The SMILES string of the molecule is O=C(NCC1CCC(F)(F)CC1)c1cccc2nc(N3CC(Cl)[C@H](F)C3)ccc12. The predicted octanol–water partition coefficient (Wildman–Crippen LogP) is 4.56. The number of hydrogen-bond acceptors (Lipinski definition) is 3. The molecule has 1 saturated heterocycles. The van der Waals surface area contributed by atoms with Crippen molar-refractivity contribution in [3.63, 3.8) is 0 Å². The van der Waals surface area contributed by atoms with Gasteiger partial charge in [-0.2, -0.15) is 0 Å². The van der Waals surface area contributed by atoms with Crippen LogP contribution in [0.2, 0.25) is 0 Å². The van der Waals surface area contributed by atoms with E-state index in [9.17, 15) is 18.0 Å². The summed E-state index contributed by atoms with van der Waals surface area (Å²) in [6.07, 6.45) is -0.491. The van der Waals surface area contributed by atoms with Gasteiger partial charge >= 0.3 is 0 Å². The molecule has 29 heavy (non-hydrogen) atoms. The molecule has 0 radical (unpaired) electrons. The van der Waals surface area contributed by atoms with E-state index in [0.29, 0.717) is 48.2 Å². The molecule has 1 unspecified atom stereocenters. The highest BCUT2D eigenvalue weighted by molar-refractivity contribution is 6.21. The quantitative estimate of drug-likeness (QED) is 0.730. The lowest BCUT2D eigenvalue weighted by Gasteiger charge is -2.28. The van der Waals surface area contributed by atoms with Crippen LogP contribution in [0.3, 0.4) is 0 Å². The van der Waals surface area contributed by atoms with Crippen LogP contribution in [0.4, 0.5) is 19.0 Å². The Labute approximate surface area is 172 Å². The second kappa shape index (κ2) is 8.01. The summed E-state index contributed by atoms with van der Waals surface area (Å²) >= 11 is 5.97. The van der Waals surface area contributed by atoms with Crippen LogP contribution in [0.25, 0.3) is 10.9 Å². The first-order valence-corrected chi connectivity index (χ1v) is 10.3. The van der Waals surface area contributed by atoms with Gasteiger partial charge in [0.2, 0.25) is 5.92 Å². The van der Waals surface area contributed by atoms with Crippen LogP contribution >= 0.6 is 11.6 Å². The monoisotopic (exact) mass is 425 g/mol. The molecule has 2 aromatic rings. The minimum atomic E-state index is -2.57. The van der Waals surface area contributed by atoms with Crippen molar-refractivity contribution in [1.82, 2.24) is 10.3 Å². The van der Waals surface area contributed by atoms with Gasteiger partial charge in [-0.3, -0.25) is 4.79 Å². The molecule has 1 saturated carbocycles. The minimum absolute atomic E-state index is 0.0746. The summed E-state index contributed by atoms with van der Waals surface area (Å²) in [5.41, 5.74) is 1.13. The lowest BCUT2D eigenvalue weighted by atomic mass is 9.87. The zero-order chi connectivity index (χ0) is 20.6. The summed E-state index contributed by atoms with van der Waals surface area (Å²) in [4.78, 5) is 19.1. The van der Waals surface area contributed by atoms with Gasteiger partial charge in [0, 0.05) is 36.9 Å². The van der Waals surface area contributed by atoms with Gasteiger partial charge < -0.3 is 10.2 Å². The summed E-state index contributed by atoms with van der Waals surface area (Å²) in [5.74, 6) is -2.11. The Morgan fingerprint density at radius 2 is 1.97 bits per heavy atom. The molecule has 2 aliphatic rings. The van der Waals surface area contributed by atoms with Gasteiger partial charge in [-0.25, -0.2) is 18.2 Å². The summed E-state index contributed by atoms with van der Waals surface area (Å²) in [7, 11) is 0. The van der Waals surface area contributed by atoms with E-state index in [1.807, 2.05) is 6.07 Å². The van der Waals surface area contributed by atoms with Crippen molar-refractivity contribution in [3.05, 3.63) is 35.9 Å². The topological polar surface area (TPSA) is 45.2 Å². The van der Waals surface area contributed by atoms with Crippen LogP contribution in [0.1, 0.15) is 36.0 Å². The summed E-state index contributed by atoms with van der Waals surface area (Å²) in [5, 5.41) is 3.03. The molecule has 1 aliphatic heterocycles. The lowest BCUT2D eigenvalue weighted by Crippen LogP contribution is -2.34. The van der Waals surface area contributed by atoms with E-state index >= 15 is 0 Å². The number of pyridine rings is 1. The van der Waals surface area contributed by atoms with E-state index in [1.165, 1.54) is 0 Å². The van der Waals surface area contributed by atoms with E-state index in [2.05, 4.69) is 10.3 Å². The smallest absolute Gasteiger partial charge is 0.251 e. The van der Waals surface area contributed by atoms with E-state index in [0.717, 1.165) is 0 Å². The van der Waals surface area contributed by atoms with Crippen LogP contribution in [0.15, 0.2) is 30.3 Å².